The summed E-state index contributed by atoms with van der Waals surface area (Å²) in [6, 6.07) is 6.25. The molecule has 1 fully saturated rings. The number of hydrogen-bond acceptors (Lipinski definition) is 4. The number of aliphatic carboxylic acids is 2. The highest BCUT2D eigenvalue weighted by Gasteiger charge is 2.51. The fraction of sp³-hybridized carbons (Fsp3) is 0.429. The first-order chi connectivity index (χ1) is 9.36. The molecule has 1 saturated carbocycles. The second-order valence-electron chi connectivity index (χ2n) is 5.12. The van der Waals surface area contributed by atoms with Crippen molar-refractivity contribution < 1.29 is 30.0 Å². The number of hydrogen-bond donors (Lipinski definition) is 4. The van der Waals surface area contributed by atoms with Gasteiger partial charge in [0.2, 0.25) is 0 Å². The van der Waals surface area contributed by atoms with E-state index >= 15 is 0 Å². The van der Waals surface area contributed by atoms with E-state index in [1.165, 1.54) is 12.1 Å². The van der Waals surface area contributed by atoms with E-state index < -0.39 is 36.0 Å². The molecule has 1 aromatic rings. The summed E-state index contributed by atoms with van der Waals surface area (Å²) in [5, 5.41) is 37.1. The van der Waals surface area contributed by atoms with Crippen LogP contribution in [0.15, 0.2) is 24.3 Å². The Labute approximate surface area is 115 Å². The molecule has 0 bridgehead atoms. The molecular weight excluding hydrogens is 264 g/mol. The summed E-state index contributed by atoms with van der Waals surface area (Å²) in [5.41, 5.74) is 0.209. The van der Waals surface area contributed by atoms with Crippen LogP contribution in [0.2, 0.25) is 0 Å². The molecule has 1 aliphatic carbocycles. The summed E-state index contributed by atoms with van der Waals surface area (Å²) in [4.78, 5) is 21.7. The second kappa shape index (κ2) is 5.22. The average molecular weight is 280 g/mol. The molecule has 2 rings (SSSR count). The van der Waals surface area contributed by atoms with Gasteiger partial charge in [0.05, 0.1) is 17.9 Å². The molecule has 2 unspecified atom stereocenters. The van der Waals surface area contributed by atoms with Gasteiger partial charge in [0.25, 0.3) is 0 Å². The van der Waals surface area contributed by atoms with Gasteiger partial charge < -0.3 is 20.4 Å². The zero-order chi connectivity index (χ0) is 14.9. The summed E-state index contributed by atoms with van der Waals surface area (Å²) in [6.07, 6.45) is -2.08. The van der Waals surface area contributed by atoms with Crippen LogP contribution in [-0.2, 0) is 15.0 Å². The van der Waals surface area contributed by atoms with Crippen molar-refractivity contribution in [2.45, 2.75) is 36.9 Å². The fourth-order valence-corrected chi connectivity index (χ4v) is 2.26. The lowest BCUT2D eigenvalue weighted by molar-refractivity contribution is -0.141. The van der Waals surface area contributed by atoms with Gasteiger partial charge in [0.15, 0.2) is 0 Å². The van der Waals surface area contributed by atoms with Crippen molar-refractivity contribution in [1.82, 2.24) is 0 Å². The van der Waals surface area contributed by atoms with Crippen molar-refractivity contribution in [3.05, 3.63) is 35.4 Å². The van der Waals surface area contributed by atoms with E-state index in [-0.39, 0.29) is 0 Å². The number of aliphatic hydroxyl groups is 2. The smallest absolute Gasteiger partial charge is 0.314 e. The molecule has 1 aliphatic rings. The Kier molecular flexibility index (Phi) is 3.78. The van der Waals surface area contributed by atoms with Gasteiger partial charge in [0.1, 0.15) is 6.10 Å². The maximum atomic E-state index is 11.2. The van der Waals surface area contributed by atoms with Crippen LogP contribution in [0.5, 0.6) is 0 Å². The van der Waals surface area contributed by atoms with E-state index in [4.69, 9.17) is 10.2 Å². The first-order valence-corrected chi connectivity index (χ1v) is 6.28. The molecule has 0 aliphatic heterocycles. The van der Waals surface area contributed by atoms with Gasteiger partial charge in [-0.3, -0.25) is 9.59 Å². The van der Waals surface area contributed by atoms with E-state index in [1.807, 2.05) is 0 Å². The first-order valence-electron chi connectivity index (χ1n) is 6.28. The molecule has 1 aromatic carbocycles. The van der Waals surface area contributed by atoms with Crippen molar-refractivity contribution >= 4 is 11.9 Å². The van der Waals surface area contributed by atoms with Crippen LogP contribution in [-0.4, -0.2) is 38.5 Å². The van der Waals surface area contributed by atoms with E-state index in [9.17, 15) is 19.8 Å². The average Bonchev–Trinajstić information content (AvgIpc) is 3.18. The van der Waals surface area contributed by atoms with Gasteiger partial charge in [0, 0.05) is 0 Å². The third-order valence-corrected chi connectivity index (χ3v) is 3.71. The first kappa shape index (κ1) is 14.5. The largest absolute Gasteiger partial charge is 0.481 e. The van der Waals surface area contributed by atoms with Crippen molar-refractivity contribution in [3.8, 4) is 0 Å². The molecular formula is C14H16O6. The predicted octanol–water partition coefficient (Wildman–Crippen LogP) is 0.672. The topological polar surface area (TPSA) is 115 Å². The Hall–Kier alpha value is -1.92. The second-order valence-corrected chi connectivity index (χ2v) is 5.12. The van der Waals surface area contributed by atoms with Crippen molar-refractivity contribution in [2.75, 3.05) is 0 Å². The molecule has 108 valence electrons. The molecule has 0 aromatic heterocycles. The minimum atomic E-state index is -1.40. The van der Waals surface area contributed by atoms with Crippen molar-refractivity contribution in [1.29, 1.82) is 0 Å². The number of carboxylic acid groups (broad SMARTS) is 2. The lowest BCUT2D eigenvalue weighted by Crippen LogP contribution is -2.22. The quantitative estimate of drug-likeness (QED) is 0.609. The van der Waals surface area contributed by atoms with Gasteiger partial charge in [-0.1, -0.05) is 24.3 Å². The Balaban J connectivity index is 2.12. The molecule has 2 atom stereocenters. The van der Waals surface area contributed by atoms with E-state index in [0.29, 0.717) is 24.0 Å². The molecule has 6 nitrogen and oxygen atoms in total. The standard InChI is InChI=1S/C14H16O6/c15-10(7-11(16)17)12(18)8-1-3-9(4-2-8)14(5-6-14)13(19)20/h1-4,10,12,15,18H,5-7H2,(H,16,17)(H,19,20). The van der Waals surface area contributed by atoms with E-state index in [1.54, 1.807) is 12.1 Å². The summed E-state index contributed by atoms with van der Waals surface area (Å²) < 4.78 is 0. The maximum Gasteiger partial charge on any atom is 0.314 e. The van der Waals surface area contributed by atoms with Crippen LogP contribution in [0.1, 0.15) is 36.5 Å². The normalized spacial score (nSPS) is 19.1. The lowest BCUT2D eigenvalue weighted by atomic mass is 9.93. The highest BCUT2D eigenvalue weighted by atomic mass is 16.4. The van der Waals surface area contributed by atoms with Crippen LogP contribution in [0.4, 0.5) is 0 Å². The Bertz CT molecular complexity index is 517. The molecule has 0 amide bonds. The number of carbonyl (C=O) groups is 2. The molecule has 0 saturated heterocycles. The molecule has 0 spiro atoms. The highest BCUT2D eigenvalue weighted by molar-refractivity contribution is 5.84. The zero-order valence-electron chi connectivity index (χ0n) is 10.7. The zero-order valence-corrected chi connectivity index (χ0v) is 10.7. The number of rotatable bonds is 6. The highest BCUT2D eigenvalue weighted by Crippen LogP contribution is 2.48. The third kappa shape index (κ3) is 2.66. The van der Waals surface area contributed by atoms with Gasteiger partial charge >= 0.3 is 11.9 Å². The summed E-state index contributed by atoms with van der Waals surface area (Å²) in [6.45, 7) is 0. The van der Waals surface area contributed by atoms with E-state index in [2.05, 4.69) is 0 Å². The summed E-state index contributed by atoms with van der Waals surface area (Å²) in [7, 11) is 0. The Morgan fingerprint density at radius 1 is 1.10 bits per heavy atom. The predicted molar refractivity (Wildman–Crippen MR) is 68.2 cm³/mol. The molecule has 0 radical (unpaired) electrons. The molecule has 6 heteroatoms. The Morgan fingerprint density at radius 2 is 1.65 bits per heavy atom. The van der Waals surface area contributed by atoms with Crippen LogP contribution in [0, 0.1) is 0 Å². The SMILES string of the molecule is O=C(O)CC(O)C(O)c1ccc(C2(C(=O)O)CC2)cc1. The molecule has 4 N–H and O–H groups in total. The molecule has 0 heterocycles. The van der Waals surface area contributed by atoms with Crippen molar-refractivity contribution in [3.63, 3.8) is 0 Å². The summed E-state index contributed by atoms with van der Waals surface area (Å²) >= 11 is 0. The van der Waals surface area contributed by atoms with Gasteiger partial charge in [-0.05, 0) is 24.0 Å². The lowest BCUT2D eigenvalue weighted by Gasteiger charge is -2.17. The van der Waals surface area contributed by atoms with Gasteiger partial charge in [-0.25, -0.2) is 0 Å². The van der Waals surface area contributed by atoms with Crippen LogP contribution in [0.3, 0.4) is 0 Å². The number of carboxylic acids is 2. The molecule has 20 heavy (non-hydrogen) atoms. The Morgan fingerprint density at radius 3 is 2.05 bits per heavy atom. The van der Waals surface area contributed by atoms with Crippen LogP contribution < -0.4 is 0 Å². The monoisotopic (exact) mass is 280 g/mol. The summed E-state index contributed by atoms with van der Waals surface area (Å²) in [5.74, 6) is -2.06. The van der Waals surface area contributed by atoms with Crippen LogP contribution >= 0.6 is 0 Å². The van der Waals surface area contributed by atoms with Crippen LogP contribution in [0.25, 0.3) is 0 Å². The third-order valence-electron chi connectivity index (χ3n) is 3.71. The minimum absolute atomic E-state index is 0.365. The number of aliphatic hydroxyl groups excluding tert-OH is 2. The fourth-order valence-electron chi connectivity index (χ4n) is 2.26. The minimum Gasteiger partial charge on any atom is -0.481 e. The van der Waals surface area contributed by atoms with Gasteiger partial charge in [-0.2, -0.15) is 0 Å². The number of benzene rings is 1. The maximum absolute atomic E-state index is 11.2. The van der Waals surface area contributed by atoms with E-state index in [0.717, 1.165) is 0 Å². The van der Waals surface area contributed by atoms with Gasteiger partial charge in [-0.15, -0.1) is 0 Å². The van der Waals surface area contributed by atoms with Crippen molar-refractivity contribution in [2.24, 2.45) is 0 Å².